The van der Waals surface area contributed by atoms with Gasteiger partial charge in [0.2, 0.25) is 20.0 Å². The van der Waals surface area contributed by atoms with Crippen molar-refractivity contribution in [2.24, 2.45) is 0 Å². The van der Waals surface area contributed by atoms with E-state index in [0.717, 1.165) is 0 Å². The first-order valence-corrected chi connectivity index (χ1v) is 12.2. The Hall–Kier alpha value is -1.33. The highest BCUT2D eigenvalue weighted by Crippen LogP contribution is 2.38. The summed E-state index contributed by atoms with van der Waals surface area (Å²) < 4.78 is 59.8. The van der Waals surface area contributed by atoms with Gasteiger partial charge < -0.3 is 4.74 Å². The van der Waals surface area contributed by atoms with Crippen LogP contribution in [0.3, 0.4) is 0 Å². The second-order valence-electron chi connectivity index (χ2n) is 7.45. The molecule has 0 atom stereocenters. The molecule has 2 aliphatic rings. The summed E-state index contributed by atoms with van der Waals surface area (Å²) in [5.41, 5.74) is -0.515. The van der Waals surface area contributed by atoms with Crippen LogP contribution in [0.15, 0.2) is 29.2 Å². The number of sulfonamides is 2. The first kappa shape index (κ1) is 21.4. The Labute approximate surface area is 166 Å². The monoisotopic (exact) mass is 430 g/mol. The molecule has 1 aromatic carbocycles. The molecule has 2 heterocycles. The lowest BCUT2D eigenvalue weighted by Gasteiger charge is -2.42. The van der Waals surface area contributed by atoms with E-state index >= 15 is 0 Å². The maximum absolute atomic E-state index is 12.9. The van der Waals surface area contributed by atoms with Crippen molar-refractivity contribution < 1.29 is 26.4 Å². The van der Waals surface area contributed by atoms with Crippen LogP contribution < -0.4 is 0 Å². The number of piperidine rings is 1. The van der Waals surface area contributed by atoms with Gasteiger partial charge in [0.25, 0.3) is 0 Å². The quantitative estimate of drug-likeness (QED) is 0.655. The summed E-state index contributed by atoms with van der Waals surface area (Å²) in [4.78, 5) is 11.5. The maximum Gasteiger partial charge on any atom is 0.243 e. The van der Waals surface area contributed by atoms with E-state index in [-0.39, 0.29) is 36.6 Å². The molecule has 0 aromatic heterocycles. The van der Waals surface area contributed by atoms with Gasteiger partial charge in [-0.3, -0.25) is 4.79 Å². The van der Waals surface area contributed by atoms with Gasteiger partial charge in [0.1, 0.15) is 5.72 Å². The molecule has 2 fully saturated rings. The zero-order valence-corrected chi connectivity index (χ0v) is 17.9. The summed E-state index contributed by atoms with van der Waals surface area (Å²) in [6, 6.07) is 5.85. The van der Waals surface area contributed by atoms with Gasteiger partial charge in [-0.05, 0) is 32.9 Å². The summed E-state index contributed by atoms with van der Waals surface area (Å²) in [6.45, 7) is 5.62. The lowest BCUT2D eigenvalue weighted by Crippen LogP contribution is -2.56. The highest BCUT2D eigenvalue weighted by atomic mass is 32.2. The van der Waals surface area contributed by atoms with Crippen LogP contribution in [0.1, 0.15) is 44.0 Å². The predicted octanol–water partition coefficient (Wildman–Crippen LogP) is 1.44. The molecule has 3 rings (SSSR count). The summed E-state index contributed by atoms with van der Waals surface area (Å²) in [5, 5.41) is -0.562. The third-order valence-corrected chi connectivity index (χ3v) is 9.66. The van der Waals surface area contributed by atoms with Crippen LogP contribution in [0.25, 0.3) is 0 Å². The lowest BCUT2D eigenvalue weighted by atomic mass is 10.0. The van der Waals surface area contributed by atoms with E-state index in [1.54, 1.807) is 13.8 Å². The molecule has 2 saturated heterocycles. The second kappa shape index (κ2) is 7.49. The molecule has 0 saturated carbocycles. The van der Waals surface area contributed by atoms with Crippen molar-refractivity contribution in [2.45, 2.75) is 49.5 Å². The number of carbonyl (C=O) groups is 1. The molecule has 28 heavy (non-hydrogen) atoms. The number of hydrogen-bond acceptors (Lipinski definition) is 6. The zero-order chi connectivity index (χ0) is 20.7. The number of hydrogen-bond donors (Lipinski definition) is 0. The highest BCUT2D eigenvalue weighted by molar-refractivity contribution is 7.89. The van der Waals surface area contributed by atoms with Gasteiger partial charge in [-0.15, -0.1) is 0 Å². The van der Waals surface area contributed by atoms with Crippen LogP contribution in [0.2, 0.25) is 0 Å². The van der Waals surface area contributed by atoms with Crippen molar-refractivity contribution in [2.75, 3.05) is 26.2 Å². The largest absolute Gasteiger partial charge is 0.358 e. The fraction of sp³-hybridized carbons (Fsp3) is 0.611. The van der Waals surface area contributed by atoms with E-state index in [1.165, 1.54) is 39.8 Å². The molecule has 0 bridgehead atoms. The fourth-order valence-electron chi connectivity index (χ4n) is 3.69. The third-order valence-electron chi connectivity index (χ3n) is 5.42. The Morgan fingerprint density at radius 1 is 1.04 bits per heavy atom. The molecule has 156 valence electrons. The number of ketones is 1. The first-order valence-electron chi connectivity index (χ1n) is 9.27. The molecule has 10 heteroatoms. The Morgan fingerprint density at radius 2 is 1.61 bits per heavy atom. The van der Waals surface area contributed by atoms with Crippen molar-refractivity contribution in [1.29, 1.82) is 0 Å². The lowest BCUT2D eigenvalue weighted by molar-refractivity contribution is -0.0808. The number of ether oxygens (including phenoxy) is 1. The number of rotatable bonds is 5. The van der Waals surface area contributed by atoms with E-state index < -0.39 is 31.0 Å². The summed E-state index contributed by atoms with van der Waals surface area (Å²) in [5.74, 6) is -0.131. The standard InChI is InChI=1S/C18H26N2O6S2/c1-14(2)27(22,23)20-12-13-26-18(20)8-10-19(11-9-18)28(24,25)17-6-4-16(5-7-17)15(3)21/h4-7,14H,8-13H2,1-3H3. The van der Waals surface area contributed by atoms with Gasteiger partial charge in [0.15, 0.2) is 5.78 Å². The Kier molecular flexibility index (Phi) is 5.72. The molecule has 1 spiro atoms. The highest BCUT2D eigenvalue weighted by Gasteiger charge is 2.51. The van der Waals surface area contributed by atoms with Crippen LogP contribution in [-0.2, 0) is 24.8 Å². The van der Waals surface area contributed by atoms with Gasteiger partial charge in [-0.25, -0.2) is 16.8 Å². The fourth-order valence-corrected chi connectivity index (χ4v) is 6.67. The van der Waals surface area contributed by atoms with Gasteiger partial charge in [-0.2, -0.15) is 8.61 Å². The first-order chi connectivity index (χ1) is 13.0. The van der Waals surface area contributed by atoms with Crippen LogP contribution in [0.4, 0.5) is 0 Å². The van der Waals surface area contributed by atoms with E-state index in [9.17, 15) is 21.6 Å². The van der Waals surface area contributed by atoms with Crippen LogP contribution in [0.5, 0.6) is 0 Å². The molecule has 0 N–H and O–H groups in total. The number of carbonyl (C=O) groups excluding carboxylic acids is 1. The second-order valence-corrected chi connectivity index (χ2v) is 11.8. The third kappa shape index (κ3) is 3.63. The Balaban J connectivity index is 1.78. The minimum atomic E-state index is -3.72. The van der Waals surface area contributed by atoms with Gasteiger partial charge in [0, 0.05) is 38.0 Å². The Bertz CT molecular complexity index is 946. The molecule has 0 radical (unpaired) electrons. The molecule has 0 unspecified atom stereocenters. The van der Waals surface area contributed by atoms with Crippen LogP contribution in [-0.4, -0.2) is 68.4 Å². The van der Waals surface area contributed by atoms with Crippen LogP contribution in [0, 0.1) is 0 Å². The van der Waals surface area contributed by atoms with Crippen molar-refractivity contribution in [3.05, 3.63) is 29.8 Å². The van der Waals surface area contributed by atoms with Crippen molar-refractivity contribution in [3.8, 4) is 0 Å². The predicted molar refractivity (Wildman–Crippen MR) is 104 cm³/mol. The van der Waals surface area contributed by atoms with Crippen molar-refractivity contribution >= 4 is 25.8 Å². The molecule has 1 aromatic rings. The average molecular weight is 431 g/mol. The average Bonchev–Trinajstić information content (AvgIpc) is 3.05. The summed E-state index contributed by atoms with van der Waals surface area (Å²) >= 11 is 0. The summed E-state index contributed by atoms with van der Waals surface area (Å²) in [7, 11) is -7.22. The SMILES string of the molecule is CC(=O)c1ccc(S(=O)(=O)N2CCC3(CC2)OCCN3S(=O)(=O)C(C)C)cc1. The van der Waals surface area contributed by atoms with E-state index in [2.05, 4.69) is 0 Å². The van der Waals surface area contributed by atoms with Crippen LogP contribution >= 0.6 is 0 Å². The molecule has 0 amide bonds. The molecule has 2 aliphatic heterocycles. The topological polar surface area (TPSA) is 101 Å². The molecular weight excluding hydrogens is 404 g/mol. The maximum atomic E-state index is 12.9. The van der Waals surface area contributed by atoms with E-state index in [1.807, 2.05) is 0 Å². The van der Waals surface area contributed by atoms with Gasteiger partial charge in [-0.1, -0.05) is 12.1 Å². The number of Topliss-reactive ketones (excluding diaryl/α,β-unsaturated/α-hetero) is 1. The Morgan fingerprint density at radius 3 is 2.11 bits per heavy atom. The normalized spacial score (nSPS) is 21.4. The van der Waals surface area contributed by atoms with Gasteiger partial charge >= 0.3 is 0 Å². The number of benzene rings is 1. The molecular formula is C18H26N2O6S2. The van der Waals surface area contributed by atoms with Crippen molar-refractivity contribution in [3.63, 3.8) is 0 Å². The summed E-state index contributed by atoms with van der Waals surface area (Å²) in [6.07, 6.45) is 0.563. The minimum Gasteiger partial charge on any atom is -0.358 e. The minimum absolute atomic E-state index is 0.118. The molecule has 8 nitrogen and oxygen atoms in total. The zero-order valence-electron chi connectivity index (χ0n) is 16.3. The number of nitrogens with zero attached hydrogens (tertiary/aromatic N) is 2. The van der Waals surface area contributed by atoms with E-state index in [4.69, 9.17) is 4.74 Å². The van der Waals surface area contributed by atoms with Gasteiger partial charge in [0.05, 0.1) is 16.8 Å². The van der Waals surface area contributed by atoms with E-state index in [0.29, 0.717) is 18.7 Å². The van der Waals surface area contributed by atoms with Crippen molar-refractivity contribution in [1.82, 2.24) is 8.61 Å². The smallest absolute Gasteiger partial charge is 0.243 e. The molecule has 0 aliphatic carbocycles.